The molecule has 0 aliphatic rings. The van der Waals surface area contributed by atoms with Crippen LogP contribution in [0.1, 0.15) is 32.2 Å². The van der Waals surface area contributed by atoms with Crippen molar-refractivity contribution in [2.24, 2.45) is 7.05 Å². The van der Waals surface area contributed by atoms with Crippen molar-refractivity contribution in [3.63, 3.8) is 0 Å². The molecule has 0 aliphatic heterocycles. The van der Waals surface area contributed by atoms with Crippen molar-refractivity contribution in [3.05, 3.63) is 12.5 Å². The normalized spacial score (nSPS) is 12.5. The van der Waals surface area contributed by atoms with Gasteiger partial charge < -0.3 is 9.67 Å². The fraction of sp³-hybridized carbons (Fsp3) is 0.545. The Hall–Kier alpha value is -2.25. The molecule has 0 fully saturated rings. The zero-order chi connectivity index (χ0) is 13.8. The van der Waals surface area contributed by atoms with E-state index in [1.54, 1.807) is 21.8 Å². The van der Waals surface area contributed by atoms with Crippen LogP contribution in [0.2, 0.25) is 0 Å². The number of imidazole rings is 1. The van der Waals surface area contributed by atoms with Crippen LogP contribution in [-0.2, 0) is 11.8 Å². The van der Waals surface area contributed by atoms with Gasteiger partial charge in [-0.15, -0.1) is 5.10 Å². The fourth-order valence-corrected chi connectivity index (χ4v) is 2.03. The average Bonchev–Trinajstić information content (AvgIpc) is 2.95. The molecule has 102 valence electrons. The van der Waals surface area contributed by atoms with Gasteiger partial charge >= 0.3 is 5.97 Å². The molecule has 0 aliphatic carbocycles. The topological polar surface area (TPSA) is 98.7 Å². The van der Waals surface area contributed by atoms with E-state index >= 15 is 0 Å². The Morgan fingerprint density at radius 3 is 2.89 bits per heavy atom. The quantitative estimate of drug-likeness (QED) is 0.831. The molecule has 2 aromatic rings. The molecule has 0 saturated heterocycles. The number of hydrogen-bond acceptors (Lipinski definition) is 5. The highest BCUT2D eigenvalue weighted by molar-refractivity contribution is 5.67. The summed E-state index contributed by atoms with van der Waals surface area (Å²) >= 11 is 0. The number of hydrogen-bond donors (Lipinski definition) is 1. The molecule has 8 heteroatoms. The zero-order valence-corrected chi connectivity index (χ0v) is 10.9. The lowest BCUT2D eigenvalue weighted by Crippen LogP contribution is -2.17. The first-order valence-corrected chi connectivity index (χ1v) is 6.09. The van der Waals surface area contributed by atoms with Crippen LogP contribution in [0.15, 0.2) is 12.5 Å². The first-order chi connectivity index (χ1) is 9.13. The minimum Gasteiger partial charge on any atom is -0.481 e. The number of tetrazole rings is 1. The molecule has 8 nitrogen and oxygen atoms in total. The second kappa shape index (κ2) is 5.59. The molecule has 1 unspecified atom stereocenters. The van der Waals surface area contributed by atoms with E-state index in [9.17, 15) is 4.79 Å². The molecule has 0 saturated carbocycles. The van der Waals surface area contributed by atoms with E-state index in [0.29, 0.717) is 12.2 Å². The Morgan fingerprint density at radius 1 is 1.53 bits per heavy atom. The average molecular weight is 264 g/mol. The number of aryl methyl sites for hydroxylation is 1. The third-order valence-corrected chi connectivity index (χ3v) is 2.92. The van der Waals surface area contributed by atoms with Crippen molar-refractivity contribution in [1.82, 2.24) is 29.8 Å². The molecule has 0 aromatic carbocycles. The number of carboxylic acids is 1. The number of rotatable bonds is 6. The highest BCUT2D eigenvalue weighted by Gasteiger charge is 2.21. The molecular formula is C11H16N6O2. The summed E-state index contributed by atoms with van der Waals surface area (Å²) in [7, 11) is 1.84. The summed E-state index contributed by atoms with van der Waals surface area (Å²) in [4.78, 5) is 15.0. The van der Waals surface area contributed by atoms with Gasteiger partial charge in [0.25, 0.3) is 0 Å². The van der Waals surface area contributed by atoms with Crippen molar-refractivity contribution in [3.8, 4) is 11.5 Å². The number of aliphatic carboxylic acids is 1. The van der Waals surface area contributed by atoms with Crippen LogP contribution >= 0.6 is 0 Å². The first-order valence-electron chi connectivity index (χ1n) is 6.09. The Labute approximate surface area is 110 Å². The summed E-state index contributed by atoms with van der Waals surface area (Å²) in [5, 5.41) is 20.6. The number of aromatic nitrogens is 6. The van der Waals surface area contributed by atoms with E-state index in [1.165, 1.54) is 0 Å². The van der Waals surface area contributed by atoms with Crippen molar-refractivity contribution in [2.75, 3.05) is 0 Å². The van der Waals surface area contributed by atoms with Gasteiger partial charge in [-0.1, -0.05) is 13.3 Å². The summed E-state index contributed by atoms with van der Waals surface area (Å²) in [6.07, 6.45) is 4.89. The van der Waals surface area contributed by atoms with E-state index in [-0.39, 0.29) is 12.5 Å². The van der Waals surface area contributed by atoms with Crippen molar-refractivity contribution >= 4 is 5.97 Å². The lowest BCUT2D eigenvalue weighted by Gasteiger charge is -2.15. The van der Waals surface area contributed by atoms with Gasteiger partial charge in [0, 0.05) is 7.05 Å². The fourth-order valence-electron chi connectivity index (χ4n) is 2.03. The predicted molar refractivity (Wildman–Crippen MR) is 66.2 cm³/mol. The number of nitrogens with zero attached hydrogens (tertiary/aromatic N) is 6. The van der Waals surface area contributed by atoms with E-state index in [0.717, 1.165) is 12.1 Å². The number of carbonyl (C=O) groups is 1. The van der Waals surface area contributed by atoms with E-state index in [1.807, 2.05) is 14.0 Å². The van der Waals surface area contributed by atoms with Gasteiger partial charge in [-0.05, 0) is 16.8 Å². The predicted octanol–water partition coefficient (Wildman–Crippen LogP) is 0.889. The van der Waals surface area contributed by atoms with Crippen LogP contribution in [0.3, 0.4) is 0 Å². The SMILES string of the molecule is CCCC(CC(=O)O)n1nnnc1-c1cncn1C. The third-order valence-electron chi connectivity index (χ3n) is 2.92. The molecule has 1 N–H and O–H groups in total. The second-order valence-electron chi connectivity index (χ2n) is 4.38. The van der Waals surface area contributed by atoms with Gasteiger partial charge in [0.05, 0.1) is 25.0 Å². The third kappa shape index (κ3) is 2.78. The van der Waals surface area contributed by atoms with E-state index in [2.05, 4.69) is 20.5 Å². The maximum Gasteiger partial charge on any atom is 0.305 e. The summed E-state index contributed by atoms with van der Waals surface area (Å²) in [5.74, 6) is -0.315. The summed E-state index contributed by atoms with van der Waals surface area (Å²) in [6.45, 7) is 2.00. The molecule has 19 heavy (non-hydrogen) atoms. The van der Waals surface area contributed by atoms with Crippen LogP contribution in [0.5, 0.6) is 0 Å². The van der Waals surface area contributed by atoms with Crippen molar-refractivity contribution in [2.45, 2.75) is 32.2 Å². The van der Waals surface area contributed by atoms with Gasteiger partial charge in [-0.2, -0.15) is 0 Å². The van der Waals surface area contributed by atoms with Crippen LogP contribution in [-0.4, -0.2) is 40.8 Å². The molecule has 0 spiro atoms. The van der Waals surface area contributed by atoms with Gasteiger partial charge in [0.1, 0.15) is 5.69 Å². The molecule has 0 bridgehead atoms. The summed E-state index contributed by atoms with van der Waals surface area (Å²) < 4.78 is 3.38. The standard InChI is InChI=1S/C11H16N6O2/c1-3-4-8(5-10(18)19)17-11(13-14-15-17)9-6-12-7-16(9)2/h6-8H,3-5H2,1-2H3,(H,18,19). The maximum absolute atomic E-state index is 10.9. The Balaban J connectivity index is 2.36. The summed E-state index contributed by atoms with van der Waals surface area (Å²) in [5.41, 5.74) is 0.761. The van der Waals surface area contributed by atoms with Crippen molar-refractivity contribution in [1.29, 1.82) is 0 Å². The smallest absolute Gasteiger partial charge is 0.305 e. The molecule has 1 atom stereocenters. The van der Waals surface area contributed by atoms with Gasteiger partial charge in [-0.3, -0.25) is 4.79 Å². The monoisotopic (exact) mass is 264 g/mol. The molecule has 2 heterocycles. The Morgan fingerprint density at radius 2 is 2.32 bits per heavy atom. The molecule has 0 amide bonds. The first kappa shape index (κ1) is 13.2. The largest absolute Gasteiger partial charge is 0.481 e. The van der Waals surface area contributed by atoms with Crippen LogP contribution in [0.25, 0.3) is 11.5 Å². The van der Waals surface area contributed by atoms with Gasteiger partial charge in [0.2, 0.25) is 5.82 Å². The Kier molecular flexibility index (Phi) is 3.88. The second-order valence-corrected chi connectivity index (χ2v) is 4.38. The van der Waals surface area contributed by atoms with Crippen LogP contribution < -0.4 is 0 Å². The highest BCUT2D eigenvalue weighted by Crippen LogP contribution is 2.23. The minimum absolute atomic E-state index is 0.00370. The molecular weight excluding hydrogens is 248 g/mol. The van der Waals surface area contributed by atoms with Gasteiger partial charge in [0.15, 0.2) is 0 Å². The summed E-state index contributed by atoms with van der Waals surface area (Å²) in [6, 6.07) is -0.248. The van der Waals surface area contributed by atoms with E-state index in [4.69, 9.17) is 5.11 Å². The minimum atomic E-state index is -0.857. The molecule has 0 radical (unpaired) electrons. The lowest BCUT2D eigenvalue weighted by atomic mass is 10.1. The van der Waals surface area contributed by atoms with E-state index < -0.39 is 5.97 Å². The molecule has 2 aromatic heterocycles. The van der Waals surface area contributed by atoms with Crippen LogP contribution in [0.4, 0.5) is 0 Å². The Bertz CT molecular complexity index is 561. The van der Waals surface area contributed by atoms with Gasteiger partial charge in [-0.25, -0.2) is 9.67 Å². The lowest BCUT2D eigenvalue weighted by molar-refractivity contribution is -0.138. The number of carboxylic acid groups (broad SMARTS) is 1. The van der Waals surface area contributed by atoms with Crippen molar-refractivity contribution < 1.29 is 9.90 Å². The van der Waals surface area contributed by atoms with Crippen LogP contribution in [0, 0.1) is 0 Å². The maximum atomic E-state index is 10.9. The zero-order valence-electron chi connectivity index (χ0n) is 10.9. The molecule has 2 rings (SSSR count). The highest BCUT2D eigenvalue weighted by atomic mass is 16.4.